The van der Waals surface area contributed by atoms with Crippen molar-refractivity contribution in [3.05, 3.63) is 30.3 Å². The van der Waals surface area contributed by atoms with Crippen LogP contribution < -0.4 is 4.84 Å². The van der Waals surface area contributed by atoms with Crippen LogP contribution in [0.1, 0.15) is 12.8 Å². The maximum absolute atomic E-state index is 5.59. The molecule has 1 saturated heterocycles. The van der Waals surface area contributed by atoms with E-state index in [-0.39, 0.29) is 0 Å². The molecule has 2 rings (SSSR count). The average molecular weight is 162 g/mol. The van der Waals surface area contributed by atoms with E-state index in [1.165, 1.54) is 12.8 Å². The predicted octanol–water partition coefficient (Wildman–Crippen LogP) is 1.88. The molecule has 0 amide bonds. The molecule has 0 saturated carbocycles. The van der Waals surface area contributed by atoms with Crippen LogP contribution in [0.3, 0.4) is 0 Å². The summed E-state index contributed by atoms with van der Waals surface area (Å²) in [5.74, 6) is 0.913. The number of nitrogens with zero attached hydrogens (tertiary/aromatic N) is 1. The number of hydrogen-bond donors (Lipinski definition) is 0. The Morgan fingerprint density at radius 2 is 1.83 bits per heavy atom. The molecule has 0 spiro atoms. The largest absolute Gasteiger partial charge is 0.406 e. The quantitative estimate of drug-likeness (QED) is 0.658. The minimum absolute atomic E-state index is 0.913. The van der Waals surface area contributed by atoms with Gasteiger partial charge in [0.1, 0.15) is 5.75 Å². The molecule has 1 aromatic carbocycles. The van der Waals surface area contributed by atoms with E-state index in [2.05, 4.69) is 6.07 Å². The lowest BCUT2D eigenvalue weighted by Gasteiger charge is -2.15. The van der Waals surface area contributed by atoms with E-state index in [0.717, 1.165) is 18.8 Å². The van der Waals surface area contributed by atoms with E-state index < -0.39 is 0 Å². The normalized spacial score (nSPS) is 18.0. The van der Waals surface area contributed by atoms with E-state index in [9.17, 15) is 0 Å². The molecule has 63 valence electrons. The first-order chi connectivity index (χ1) is 5.95. The zero-order valence-electron chi connectivity index (χ0n) is 6.99. The standard InChI is InChI=1S/C10H12NO/c1-2-6-10(7-3-1)12-11-8-4-5-9-11/h2-3,6-7H,4-5,8-9H2. The first-order valence-electron chi connectivity index (χ1n) is 4.34. The fraction of sp³-hybridized carbons (Fsp3) is 0.400. The zero-order valence-corrected chi connectivity index (χ0v) is 6.99. The third-order valence-electron chi connectivity index (χ3n) is 1.99. The highest BCUT2D eigenvalue weighted by Gasteiger charge is 2.12. The number of rotatable bonds is 2. The molecule has 1 aliphatic heterocycles. The van der Waals surface area contributed by atoms with Crippen molar-refractivity contribution in [2.24, 2.45) is 0 Å². The number of hydroxylamine groups is 2. The molecule has 1 heterocycles. The first-order valence-corrected chi connectivity index (χ1v) is 4.34. The van der Waals surface area contributed by atoms with Gasteiger partial charge in [-0.3, -0.25) is 0 Å². The summed E-state index contributed by atoms with van der Waals surface area (Å²) in [6.45, 7) is 2.11. The highest BCUT2D eigenvalue weighted by Crippen LogP contribution is 2.14. The summed E-state index contributed by atoms with van der Waals surface area (Å²) in [5, 5.41) is 2.01. The van der Waals surface area contributed by atoms with Crippen molar-refractivity contribution in [3.63, 3.8) is 0 Å². The van der Waals surface area contributed by atoms with Crippen molar-refractivity contribution in [1.29, 1.82) is 0 Å². The van der Waals surface area contributed by atoms with Crippen LogP contribution in [0, 0.1) is 6.07 Å². The van der Waals surface area contributed by atoms with Gasteiger partial charge in [0.2, 0.25) is 0 Å². The van der Waals surface area contributed by atoms with Crippen LogP contribution in [-0.4, -0.2) is 18.2 Å². The summed E-state index contributed by atoms with van der Waals surface area (Å²) < 4.78 is 0. The van der Waals surface area contributed by atoms with Crippen LogP contribution in [0.5, 0.6) is 5.75 Å². The molecular weight excluding hydrogens is 150 g/mol. The van der Waals surface area contributed by atoms with E-state index in [0.29, 0.717) is 0 Å². The highest BCUT2D eigenvalue weighted by molar-refractivity contribution is 5.19. The summed E-state index contributed by atoms with van der Waals surface area (Å²) >= 11 is 0. The molecule has 1 aromatic rings. The van der Waals surface area contributed by atoms with Crippen LogP contribution in [-0.2, 0) is 0 Å². The van der Waals surface area contributed by atoms with E-state index >= 15 is 0 Å². The third-order valence-corrected chi connectivity index (χ3v) is 1.99. The van der Waals surface area contributed by atoms with Gasteiger partial charge in [-0.2, -0.15) is 0 Å². The average Bonchev–Trinajstić information content (AvgIpc) is 2.59. The monoisotopic (exact) mass is 162 g/mol. The Morgan fingerprint density at radius 3 is 2.50 bits per heavy atom. The summed E-state index contributed by atoms with van der Waals surface area (Å²) in [6.07, 6.45) is 2.50. The Morgan fingerprint density at radius 1 is 1.17 bits per heavy atom. The lowest BCUT2D eigenvalue weighted by Crippen LogP contribution is -2.23. The Bertz CT molecular complexity index is 229. The fourth-order valence-corrected chi connectivity index (χ4v) is 1.36. The van der Waals surface area contributed by atoms with Crippen molar-refractivity contribution in [2.45, 2.75) is 12.8 Å². The summed E-state index contributed by atoms with van der Waals surface area (Å²) in [6, 6.07) is 10.5. The molecule has 0 aromatic heterocycles. The van der Waals surface area contributed by atoms with Gasteiger partial charge in [-0.25, -0.2) is 0 Å². The van der Waals surface area contributed by atoms with Gasteiger partial charge >= 0.3 is 0 Å². The molecule has 0 unspecified atom stereocenters. The number of benzene rings is 1. The van der Waals surface area contributed by atoms with Crippen LogP contribution in [0.15, 0.2) is 24.3 Å². The smallest absolute Gasteiger partial charge is 0.147 e. The second-order valence-electron chi connectivity index (χ2n) is 2.96. The Balaban J connectivity index is 1.94. The second kappa shape index (κ2) is 3.59. The van der Waals surface area contributed by atoms with Gasteiger partial charge in [-0.1, -0.05) is 12.1 Å². The van der Waals surface area contributed by atoms with Crippen LogP contribution in [0.2, 0.25) is 0 Å². The highest BCUT2D eigenvalue weighted by atomic mass is 16.7. The van der Waals surface area contributed by atoms with Gasteiger partial charge in [0.15, 0.2) is 0 Å². The molecule has 0 atom stereocenters. The molecular formula is C10H12NO. The maximum Gasteiger partial charge on any atom is 0.147 e. The summed E-state index contributed by atoms with van der Waals surface area (Å²) in [7, 11) is 0. The molecule has 0 bridgehead atoms. The van der Waals surface area contributed by atoms with Crippen molar-refractivity contribution >= 4 is 0 Å². The van der Waals surface area contributed by atoms with Gasteiger partial charge in [-0.05, 0) is 31.0 Å². The number of hydrogen-bond acceptors (Lipinski definition) is 2. The fourth-order valence-electron chi connectivity index (χ4n) is 1.36. The summed E-state index contributed by atoms with van der Waals surface area (Å²) in [4.78, 5) is 5.59. The first kappa shape index (κ1) is 7.62. The minimum Gasteiger partial charge on any atom is -0.406 e. The predicted molar refractivity (Wildman–Crippen MR) is 46.7 cm³/mol. The second-order valence-corrected chi connectivity index (χ2v) is 2.96. The topological polar surface area (TPSA) is 12.5 Å². The Kier molecular flexibility index (Phi) is 2.28. The van der Waals surface area contributed by atoms with Crippen molar-refractivity contribution in [3.8, 4) is 5.75 Å². The van der Waals surface area contributed by atoms with Gasteiger partial charge < -0.3 is 4.84 Å². The lowest BCUT2D eigenvalue weighted by molar-refractivity contribution is -0.0346. The van der Waals surface area contributed by atoms with Crippen molar-refractivity contribution in [2.75, 3.05) is 13.1 Å². The van der Waals surface area contributed by atoms with Crippen LogP contribution in [0.25, 0.3) is 0 Å². The van der Waals surface area contributed by atoms with E-state index in [1.54, 1.807) is 0 Å². The minimum atomic E-state index is 0.913. The molecule has 12 heavy (non-hydrogen) atoms. The van der Waals surface area contributed by atoms with E-state index in [1.807, 2.05) is 29.3 Å². The Labute approximate surface area is 72.7 Å². The third kappa shape index (κ3) is 1.77. The van der Waals surface area contributed by atoms with E-state index in [4.69, 9.17) is 4.84 Å². The molecule has 2 heteroatoms. The lowest BCUT2D eigenvalue weighted by atomic mass is 10.3. The molecule has 0 aliphatic carbocycles. The van der Waals surface area contributed by atoms with Gasteiger partial charge in [0, 0.05) is 13.1 Å². The SMILES string of the molecule is [c]1ccc(ON2CCCC2)cc1. The molecule has 1 aliphatic rings. The maximum atomic E-state index is 5.59. The van der Waals surface area contributed by atoms with Gasteiger partial charge in [0.25, 0.3) is 0 Å². The Hall–Kier alpha value is -1.02. The molecule has 2 nitrogen and oxygen atoms in total. The molecule has 1 radical (unpaired) electrons. The van der Waals surface area contributed by atoms with Gasteiger partial charge in [-0.15, -0.1) is 5.06 Å². The molecule has 1 fully saturated rings. The summed E-state index contributed by atoms with van der Waals surface area (Å²) in [5.41, 5.74) is 0. The van der Waals surface area contributed by atoms with Crippen LogP contribution >= 0.6 is 0 Å². The van der Waals surface area contributed by atoms with Crippen molar-refractivity contribution < 1.29 is 4.84 Å². The zero-order chi connectivity index (χ0) is 8.23. The van der Waals surface area contributed by atoms with Gasteiger partial charge in [0.05, 0.1) is 0 Å². The van der Waals surface area contributed by atoms with Crippen molar-refractivity contribution in [1.82, 2.24) is 5.06 Å². The molecule has 0 N–H and O–H groups in total. The van der Waals surface area contributed by atoms with Crippen LogP contribution in [0.4, 0.5) is 0 Å².